The van der Waals surface area contributed by atoms with E-state index in [2.05, 4.69) is 15.5 Å². The van der Waals surface area contributed by atoms with Crippen LogP contribution in [0.2, 0.25) is 10.0 Å². The van der Waals surface area contributed by atoms with Gasteiger partial charge in [0.2, 0.25) is 5.13 Å². The third-order valence-corrected chi connectivity index (χ3v) is 5.00. The Balaban J connectivity index is 2.15. The molecule has 2 rings (SSSR count). The lowest BCUT2D eigenvalue weighted by atomic mass is 10.2. The molecule has 0 fully saturated rings. The molecule has 0 atom stereocenters. The van der Waals surface area contributed by atoms with Crippen LogP contribution in [-0.2, 0) is 4.79 Å². The monoisotopic (exact) mass is 349 g/mol. The predicted octanol–water partition coefficient (Wildman–Crippen LogP) is 4.07. The Hall–Kier alpha value is -1.02. The lowest BCUT2D eigenvalue weighted by molar-refractivity contribution is -0.133. The molecule has 9 heteroatoms. The molecule has 5 nitrogen and oxygen atoms in total. The summed E-state index contributed by atoms with van der Waals surface area (Å²) in [7, 11) is 0. The van der Waals surface area contributed by atoms with E-state index in [0.717, 1.165) is 17.3 Å². The Morgan fingerprint density at radius 1 is 1.45 bits per heavy atom. The van der Waals surface area contributed by atoms with Crippen LogP contribution in [0.15, 0.2) is 16.5 Å². The lowest BCUT2D eigenvalue weighted by Crippen LogP contribution is -1.96. The Morgan fingerprint density at radius 2 is 2.20 bits per heavy atom. The van der Waals surface area contributed by atoms with Gasteiger partial charge in [-0.25, -0.2) is 0 Å². The van der Waals surface area contributed by atoms with Gasteiger partial charge in [0.15, 0.2) is 4.34 Å². The highest BCUT2D eigenvalue weighted by atomic mass is 35.5. The first kappa shape index (κ1) is 15.4. The van der Waals surface area contributed by atoms with Crippen LogP contribution in [0.3, 0.4) is 0 Å². The Bertz CT molecular complexity index is 649. The van der Waals surface area contributed by atoms with Gasteiger partial charge < -0.3 is 10.4 Å². The number of thioether (sulfide) groups is 1. The van der Waals surface area contributed by atoms with Gasteiger partial charge in [-0.3, -0.25) is 4.79 Å². The molecule has 0 saturated heterocycles. The minimum Gasteiger partial charge on any atom is -0.481 e. The average Bonchev–Trinajstić information content (AvgIpc) is 2.85. The van der Waals surface area contributed by atoms with E-state index in [1.165, 1.54) is 11.3 Å². The van der Waals surface area contributed by atoms with E-state index in [0.29, 0.717) is 25.2 Å². The largest absolute Gasteiger partial charge is 0.481 e. The summed E-state index contributed by atoms with van der Waals surface area (Å²) >= 11 is 14.6. The summed E-state index contributed by atoms with van der Waals surface area (Å²) in [5, 5.41) is 20.9. The van der Waals surface area contributed by atoms with Gasteiger partial charge in [0.05, 0.1) is 21.5 Å². The number of rotatable bonds is 5. The van der Waals surface area contributed by atoms with Crippen molar-refractivity contribution in [2.45, 2.75) is 11.3 Å². The molecule has 0 radical (unpaired) electrons. The number of carbonyl (C=O) groups is 1. The molecule has 0 aliphatic heterocycles. The minimum atomic E-state index is -0.899. The van der Waals surface area contributed by atoms with Crippen LogP contribution in [0.4, 0.5) is 10.8 Å². The molecule has 1 heterocycles. The lowest BCUT2D eigenvalue weighted by Gasteiger charge is -2.09. The number of hydrogen-bond donors (Lipinski definition) is 2. The summed E-state index contributed by atoms with van der Waals surface area (Å²) in [6, 6.07) is 3.57. The van der Waals surface area contributed by atoms with E-state index >= 15 is 0 Å². The van der Waals surface area contributed by atoms with Crippen molar-refractivity contribution < 1.29 is 9.90 Å². The quantitative estimate of drug-likeness (QED) is 0.792. The van der Waals surface area contributed by atoms with Crippen molar-refractivity contribution in [3.05, 3.63) is 27.7 Å². The highest BCUT2D eigenvalue weighted by Gasteiger charge is 2.12. The first-order valence-corrected chi connectivity index (χ1v) is 7.93. The fraction of sp³-hybridized carbons (Fsp3) is 0.182. The smallest absolute Gasteiger partial charge is 0.313 e. The molecule has 106 valence electrons. The van der Waals surface area contributed by atoms with Gasteiger partial charge in [-0.1, -0.05) is 52.4 Å². The van der Waals surface area contributed by atoms with E-state index < -0.39 is 5.97 Å². The third kappa shape index (κ3) is 3.76. The average molecular weight is 350 g/mol. The summed E-state index contributed by atoms with van der Waals surface area (Å²) in [5.74, 6) is -0.954. The molecule has 0 aliphatic carbocycles. The normalized spacial score (nSPS) is 10.6. The molecular formula is C11H9Cl2N3O2S2. The molecule has 2 aromatic rings. The Labute approximate surface area is 133 Å². The van der Waals surface area contributed by atoms with Gasteiger partial charge in [-0.15, -0.1) is 10.2 Å². The second kappa shape index (κ2) is 6.62. The van der Waals surface area contributed by atoms with Gasteiger partial charge in [0.1, 0.15) is 0 Å². The number of benzene rings is 1. The molecule has 2 N–H and O–H groups in total. The number of nitrogens with zero attached hydrogens (tertiary/aromatic N) is 2. The van der Waals surface area contributed by atoms with Gasteiger partial charge in [0.25, 0.3) is 0 Å². The number of aryl methyl sites for hydroxylation is 1. The summed E-state index contributed by atoms with van der Waals surface area (Å²) in [4.78, 5) is 10.5. The molecule has 0 amide bonds. The van der Waals surface area contributed by atoms with Crippen LogP contribution >= 0.6 is 46.3 Å². The molecule has 0 spiro atoms. The van der Waals surface area contributed by atoms with Crippen LogP contribution in [0, 0.1) is 6.92 Å². The zero-order valence-corrected chi connectivity index (χ0v) is 13.3. The van der Waals surface area contributed by atoms with Crippen molar-refractivity contribution in [3.63, 3.8) is 0 Å². The zero-order valence-electron chi connectivity index (χ0n) is 10.2. The topological polar surface area (TPSA) is 75.1 Å². The second-order valence-corrected chi connectivity index (χ2v) is 6.72. The van der Waals surface area contributed by atoms with E-state index in [1.54, 1.807) is 6.07 Å². The van der Waals surface area contributed by atoms with E-state index in [1.807, 2.05) is 13.0 Å². The molecule has 0 aliphatic rings. The molecule has 20 heavy (non-hydrogen) atoms. The van der Waals surface area contributed by atoms with Gasteiger partial charge in [-0.2, -0.15) is 0 Å². The number of aromatic nitrogens is 2. The van der Waals surface area contributed by atoms with Gasteiger partial charge in [0, 0.05) is 0 Å². The number of carboxylic acid groups (broad SMARTS) is 1. The Morgan fingerprint density at radius 3 is 2.90 bits per heavy atom. The molecule has 1 aromatic carbocycles. The maximum Gasteiger partial charge on any atom is 0.313 e. The summed E-state index contributed by atoms with van der Waals surface area (Å²) < 4.78 is 0.565. The fourth-order valence-electron chi connectivity index (χ4n) is 1.32. The number of hydrogen-bond acceptors (Lipinski definition) is 6. The number of carboxylic acids is 1. The van der Waals surface area contributed by atoms with Crippen molar-refractivity contribution in [2.75, 3.05) is 11.1 Å². The zero-order chi connectivity index (χ0) is 14.7. The molecule has 0 unspecified atom stereocenters. The first-order valence-electron chi connectivity index (χ1n) is 5.37. The minimum absolute atomic E-state index is 0.0550. The van der Waals surface area contributed by atoms with E-state index in [4.69, 9.17) is 28.3 Å². The van der Waals surface area contributed by atoms with Crippen molar-refractivity contribution in [3.8, 4) is 0 Å². The predicted molar refractivity (Wildman–Crippen MR) is 82.8 cm³/mol. The molecular weight excluding hydrogens is 341 g/mol. The number of nitrogens with one attached hydrogen (secondary N) is 1. The van der Waals surface area contributed by atoms with Crippen molar-refractivity contribution >= 4 is 63.1 Å². The number of halogens is 2. The van der Waals surface area contributed by atoms with E-state index in [9.17, 15) is 4.79 Å². The maximum absolute atomic E-state index is 10.5. The van der Waals surface area contributed by atoms with Crippen LogP contribution in [0.1, 0.15) is 5.56 Å². The van der Waals surface area contributed by atoms with Crippen molar-refractivity contribution in [2.24, 2.45) is 0 Å². The van der Waals surface area contributed by atoms with Crippen LogP contribution in [-0.4, -0.2) is 27.0 Å². The summed E-state index contributed by atoms with van der Waals surface area (Å²) in [6.45, 7) is 1.87. The highest BCUT2D eigenvalue weighted by Crippen LogP contribution is 2.36. The van der Waals surface area contributed by atoms with Gasteiger partial charge in [-0.05, 0) is 18.6 Å². The van der Waals surface area contributed by atoms with Crippen LogP contribution < -0.4 is 5.32 Å². The first-order chi connectivity index (χ1) is 9.47. The summed E-state index contributed by atoms with van der Waals surface area (Å²) in [5.41, 5.74) is 1.46. The highest BCUT2D eigenvalue weighted by molar-refractivity contribution is 8.01. The summed E-state index contributed by atoms with van der Waals surface area (Å²) in [6.07, 6.45) is 0. The van der Waals surface area contributed by atoms with E-state index in [-0.39, 0.29) is 5.75 Å². The molecule has 1 aromatic heterocycles. The fourth-order valence-corrected chi connectivity index (χ4v) is 3.26. The maximum atomic E-state index is 10.5. The van der Waals surface area contributed by atoms with Crippen LogP contribution in [0.25, 0.3) is 0 Å². The third-order valence-electron chi connectivity index (χ3n) is 2.24. The van der Waals surface area contributed by atoms with Crippen molar-refractivity contribution in [1.82, 2.24) is 10.2 Å². The van der Waals surface area contributed by atoms with Gasteiger partial charge >= 0.3 is 5.97 Å². The number of aliphatic carboxylic acids is 1. The second-order valence-electron chi connectivity index (χ2n) is 3.73. The standard InChI is InChI=1S/C11H9Cl2N3O2S2/c1-5-2-3-6(12)9(8(5)13)14-10-15-16-11(20-10)19-4-7(17)18/h2-3H,4H2,1H3,(H,14,15)(H,17,18). The van der Waals surface area contributed by atoms with Crippen molar-refractivity contribution in [1.29, 1.82) is 0 Å². The SMILES string of the molecule is Cc1ccc(Cl)c(Nc2nnc(SCC(=O)O)s2)c1Cl. The molecule has 0 saturated carbocycles. The Kier molecular flexibility index (Phi) is 5.09. The number of anilines is 2. The van der Waals surface area contributed by atoms with Crippen LogP contribution in [0.5, 0.6) is 0 Å². The molecule has 0 bridgehead atoms.